The topological polar surface area (TPSA) is 38.7 Å². The molecule has 0 saturated carbocycles. The lowest BCUT2D eigenvalue weighted by atomic mass is 10.0. The fourth-order valence-corrected chi connectivity index (χ4v) is 2.77. The average Bonchev–Trinajstić information content (AvgIpc) is 2.55. The summed E-state index contributed by atoms with van der Waals surface area (Å²) in [5.74, 6) is -0.304. The smallest absolute Gasteiger partial charge is 0.124 e. The van der Waals surface area contributed by atoms with Crippen LogP contribution in [0.3, 0.4) is 0 Å². The summed E-state index contributed by atoms with van der Waals surface area (Å²) in [5.41, 5.74) is 2.91. The van der Waals surface area contributed by atoms with Gasteiger partial charge in [0, 0.05) is 27.9 Å². The molecule has 2 aromatic heterocycles. The van der Waals surface area contributed by atoms with E-state index in [2.05, 4.69) is 15.2 Å². The molecule has 0 fully saturated rings. The molecular weight excluding hydrogens is 277 g/mol. The van der Waals surface area contributed by atoms with Crippen LogP contribution in [0, 0.1) is 12.7 Å². The zero-order valence-electron chi connectivity index (χ0n) is 11.9. The van der Waals surface area contributed by atoms with E-state index in [9.17, 15) is 4.39 Å². The third-order valence-electron chi connectivity index (χ3n) is 3.80. The minimum Gasteiger partial charge on any atom is -0.256 e. The first-order chi connectivity index (χ1) is 10.7. The normalized spacial score (nSPS) is 11.2. The van der Waals surface area contributed by atoms with Gasteiger partial charge < -0.3 is 0 Å². The van der Waals surface area contributed by atoms with Gasteiger partial charge in [0.05, 0.1) is 11.2 Å². The predicted molar refractivity (Wildman–Crippen MR) is 85.0 cm³/mol. The van der Waals surface area contributed by atoms with Crippen LogP contribution in [-0.4, -0.2) is 15.2 Å². The molecule has 4 aromatic rings. The second-order valence-electron chi connectivity index (χ2n) is 5.21. The molecule has 0 spiro atoms. The molecule has 0 saturated heterocycles. The van der Waals surface area contributed by atoms with Crippen LogP contribution in [0.2, 0.25) is 0 Å². The molecule has 0 amide bonds. The number of benzene rings is 2. The largest absolute Gasteiger partial charge is 0.256 e. The summed E-state index contributed by atoms with van der Waals surface area (Å²) >= 11 is 0. The van der Waals surface area contributed by atoms with Crippen LogP contribution in [0.15, 0.2) is 54.7 Å². The van der Waals surface area contributed by atoms with Crippen LogP contribution >= 0.6 is 0 Å². The van der Waals surface area contributed by atoms with Gasteiger partial charge in [-0.25, -0.2) is 4.39 Å². The first-order valence-electron chi connectivity index (χ1n) is 7.01. The van der Waals surface area contributed by atoms with Crippen LogP contribution < -0.4 is 0 Å². The van der Waals surface area contributed by atoms with Gasteiger partial charge in [-0.05, 0) is 25.1 Å². The Hall–Kier alpha value is -2.88. The lowest BCUT2D eigenvalue weighted by Gasteiger charge is -2.09. The van der Waals surface area contributed by atoms with Crippen LogP contribution in [-0.2, 0) is 0 Å². The van der Waals surface area contributed by atoms with Crippen molar-refractivity contribution < 1.29 is 4.39 Å². The quantitative estimate of drug-likeness (QED) is 0.524. The van der Waals surface area contributed by atoms with E-state index in [0.29, 0.717) is 11.3 Å². The van der Waals surface area contributed by atoms with Gasteiger partial charge in [-0.2, -0.15) is 5.10 Å². The zero-order valence-corrected chi connectivity index (χ0v) is 11.9. The third kappa shape index (κ3) is 1.92. The number of hydrogen-bond acceptors (Lipinski definition) is 3. The minimum atomic E-state index is -0.304. The molecule has 4 rings (SSSR count). The zero-order chi connectivity index (χ0) is 15.1. The van der Waals surface area contributed by atoms with E-state index in [1.54, 1.807) is 12.3 Å². The van der Waals surface area contributed by atoms with Gasteiger partial charge in [0.25, 0.3) is 0 Å². The highest BCUT2D eigenvalue weighted by atomic mass is 19.1. The molecule has 106 valence electrons. The summed E-state index contributed by atoms with van der Waals surface area (Å²) in [7, 11) is 0. The second kappa shape index (κ2) is 4.84. The third-order valence-corrected chi connectivity index (χ3v) is 3.80. The Morgan fingerprint density at radius 3 is 2.59 bits per heavy atom. The Balaban J connectivity index is 2.15. The molecule has 2 heterocycles. The molecule has 22 heavy (non-hydrogen) atoms. The first kappa shape index (κ1) is 12.8. The molecule has 0 aliphatic heterocycles. The van der Waals surface area contributed by atoms with E-state index in [1.807, 2.05) is 37.3 Å². The molecule has 0 atom stereocenters. The van der Waals surface area contributed by atoms with E-state index in [4.69, 9.17) is 0 Å². The van der Waals surface area contributed by atoms with Crippen molar-refractivity contribution in [2.75, 3.05) is 0 Å². The van der Waals surface area contributed by atoms with Gasteiger partial charge in [-0.1, -0.05) is 30.3 Å². The van der Waals surface area contributed by atoms with Crippen molar-refractivity contribution in [2.24, 2.45) is 0 Å². The van der Waals surface area contributed by atoms with Gasteiger partial charge in [0.15, 0.2) is 0 Å². The Bertz CT molecular complexity index is 1010. The maximum Gasteiger partial charge on any atom is 0.124 e. The summed E-state index contributed by atoms with van der Waals surface area (Å²) in [6.45, 7) is 1.92. The summed E-state index contributed by atoms with van der Waals surface area (Å²) in [4.78, 5) is 4.39. The number of nitrogens with zero attached hydrogens (tertiary/aromatic N) is 3. The molecule has 0 bridgehead atoms. The molecule has 0 radical (unpaired) electrons. The Morgan fingerprint density at radius 2 is 1.73 bits per heavy atom. The van der Waals surface area contributed by atoms with E-state index in [-0.39, 0.29) is 5.82 Å². The minimum absolute atomic E-state index is 0.304. The van der Waals surface area contributed by atoms with Crippen LogP contribution in [0.1, 0.15) is 5.69 Å². The van der Waals surface area contributed by atoms with E-state index < -0.39 is 0 Å². The Morgan fingerprint density at radius 1 is 0.909 bits per heavy atom. The molecular formula is C18H12FN3. The molecule has 2 aromatic carbocycles. The maximum absolute atomic E-state index is 14.0. The van der Waals surface area contributed by atoms with Gasteiger partial charge in [-0.15, -0.1) is 5.10 Å². The highest BCUT2D eigenvalue weighted by Crippen LogP contribution is 2.32. The standard InChI is InChI=1S/C18H12FN3/c1-11-14-6-2-3-7-15(14)18(22-21-11)16-10-13(19)9-12-5-4-8-20-17(12)16/h2-10H,1H3. The van der Waals surface area contributed by atoms with E-state index in [1.165, 1.54) is 12.1 Å². The van der Waals surface area contributed by atoms with Crippen molar-refractivity contribution in [1.82, 2.24) is 15.2 Å². The number of pyridine rings is 1. The van der Waals surface area contributed by atoms with Gasteiger partial charge in [-0.3, -0.25) is 4.98 Å². The lowest BCUT2D eigenvalue weighted by Crippen LogP contribution is -1.96. The van der Waals surface area contributed by atoms with Gasteiger partial charge in [0.2, 0.25) is 0 Å². The van der Waals surface area contributed by atoms with E-state index in [0.717, 1.165) is 27.4 Å². The average molecular weight is 289 g/mol. The number of hydrogen-bond donors (Lipinski definition) is 0. The highest BCUT2D eigenvalue weighted by molar-refractivity contribution is 6.02. The van der Waals surface area contributed by atoms with Crippen molar-refractivity contribution >= 4 is 21.7 Å². The van der Waals surface area contributed by atoms with E-state index >= 15 is 0 Å². The number of fused-ring (bicyclic) bond motifs is 2. The summed E-state index contributed by atoms with van der Waals surface area (Å²) < 4.78 is 14.0. The summed E-state index contributed by atoms with van der Waals surface area (Å²) in [6.07, 6.45) is 1.70. The second-order valence-corrected chi connectivity index (χ2v) is 5.21. The summed E-state index contributed by atoms with van der Waals surface area (Å²) in [6, 6.07) is 14.5. The predicted octanol–water partition coefficient (Wildman–Crippen LogP) is 4.29. The Labute approximate surface area is 126 Å². The van der Waals surface area contributed by atoms with Crippen LogP contribution in [0.4, 0.5) is 4.39 Å². The van der Waals surface area contributed by atoms with Gasteiger partial charge >= 0.3 is 0 Å². The molecule has 0 aliphatic carbocycles. The molecule has 3 nitrogen and oxygen atoms in total. The molecule has 0 N–H and O–H groups in total. The van der Waals surface area contributed by atoms with Gasteiger partial charge in [0.1, 0.15) is 11.5 Å². The molecule has 0 unspecified atom stereocenters. The lowest BCUT2D eigenvalue weighted by molar-refractivity contribution is 0.630. The fourth-order valence-electron chi connectivity index (χ4n) is 2.77. The monoisotopic (exact) mass is 289 g/mol. The van der Waals surface area contributed by atoms with Crippen LogP contribution in [0.5, 0.6) is 0 Å². The first-order valence-corrected chi connectivity index (χ1v) is 7.01. The molecule has 0 aliphatic rings. The van der Waals surface area contributed by atoms with Crippen molar-refractivity contribution in [3.63, 3.8) is 0 Å². The number of aromatic nitrogens is 3. The SMILES string of the molecule is Cc1nnc(-c2cc(F)cc3cccnc23)c2ccccc12. The van der Waals surface area contributed by atoms with Crippen molar-refractivity contribution in [3.05, 3.63) is 66.2 Å². The van der Waals surface area contributed by atoms with Crippen LogP contribution in [0.25, 0.3) is 32.9 Å². The Kier molecular flexibility index (Phi) is 2.82. The number of aryl methyl sites for hydroxylation is 1. The number of rotatable bonds is 1. The fraction of sp³-hybridized carbons (Fsp3) is 0.0556. The summed E-state index contributed by atoms with van der Waals surface area (Å²) in [5, 5.41) is 11.3. The maximum atomic E-state index is 14.0. The van der Waals surface area contributed by atoms with Crippen molar-refractivity contribution in [1.29, 1.82) is 0 Å². The number of halogens is 1. The van der Waals surface area contributed by atoms with Crippen molar-refractivity contribution in [2.45, 2.75) is 6.92 Å². The van der Waals surface area contributed by atoms with Crippen molar-refractivity contribution in [3.8, 4) is 11.3 Å². The highest BCUT2D eigenvalue weighted by Gasteiger charge is 2.13. The molecule has 4 heteroatoms.